The van der Waals surface area contributed by atoms with Crippen LogP contribution in [0.15, 0.2) is 34.2 Å². The molecule has 3 rings (SSSR count). The van der Waals surface area contributed by atoms with Gasteiger partial charge in [0.2, 0.25) is 0 Å². The van der Waals surface area contributed by atoms with Gasteiger partial charge in [-0.1, -0.05) is 29.8 Å². The van der Waals surface area contributed by atoms with E-state index < -0.39 is 10.0 Å². The SMILES string of the molecule is CC1=C(c2ccc(C)cc2)S(=O)(=O)N=C1N1CCC(NC(=O)NC(C)C)CC1. The molecule has 2 heterocycles. The van der Waals surface area contributed by atoms with Crippen molar-refractivity contribution in [2.45, 2.75) is 52.6 Å². The second-order valence-corrected chi connectivity index (χ2v) is 9.28. The first kappa shape index (κ1) is 20.4. The van der Waals surface area contributed by atoms with E-state index in [-0.39, 0.29) is 18.1 Å². The molecule has 0 bridgehead atoms. The number of amides is 2. The molecule has 152 valence electrons. The summed E-state index contributed by atoms with van der Waals surface area (Å²) in [5.74, 6) is 0.528. The number of carbonyl (C=O) groups excluding carboxylic acids is 1. The Morgan fingerprint density at radius 2 is 1.75 bits per heavy atom. The van der Waals surface area contributed by atoms with E-state index in [4.69, 9.17) is 0 Å². The number of carbonyl (C=O) groups is 1. The van der Waals surface area contributed by atoms with Gasteiger partial charge in [0.05, 0.1) is 0 Å². The summed E-state index contributed by atoms with van der Waals surface area (Å²) in [6, 6.07) is 7.47. The Morgan fingerprint density at radius 3 is 2.32 bits per heavy atom. The number of urea groups is 1. The molecule has 1 fully saturated rings. The number of piperidine rings is 1. The Hall–Kier alpha value is -2.35. The zero-order chi connectivity index (χ0) is 20.5. The Kier molecular flexibility index (Phi) is 5.79. The number of hydrogen-bond donors (Lipinski definition) is 2. The molecule has 1 aromatic carbocycles. The van der Waals surface area contributed by atoms with Crippen molar-refractivity contribution in [2.24, 2.45) is 4.40 Å². The highest BCUT2D eigenvalue weighted by Crippen LogP contribution is 2.34. The van der Waals surface area contributed by atoms with Crippen LogP contribution in [0.25, 0.3) is 4.91 Å². The molecule has 7 nitrogen and oxygen atoms in total. The number of amidine groups is 1. The van der Waals surface area contributed by atoms with Crippen molar-refractivity contribution < 1.29 is 13.2 Å². The van der Waals surface area contributed by atoms with Gasteiger partial charge < -0.3 is 15.5 Å². The van der Waals surface area contributed by atoms with Crippen molar-refractivity contribution in [1.82, 2.24) is 15.5 Å². The summed E-state index contributed by atoms with van der Waals surface area (Å²) in [5.41, 5.74) is 2.44. The van der Waals surface area contributed by atoms with Crippen molar-refractivity contribution in [2.75, 3.05) is 13.1 Å². The molecular weight excluding hydrogens is 376 g/mol. The van der Waals surface area contributed by atoms with Crippen molar-refractivity contribution in [1.29, 1.82) is 0 Å². The summed E-state index contributed by atoms with van der Waals surface area (Å²) >= 11 is 0. The average molecular weight is 405 g/mol. The smallest absolute Gasteiger partial charge is 0.315 e. The lowest BCUT2D eigenvalue weighted by atomic mass is 10.0. The molecule has 2 N–H and O–H groups in total. The van der Waals surface area contributed by atoms with E-state index in [2.05, 4.69) is 15.0 Å². The molecule has 0 radical (unpaired) electrons. The summed E-state index contributed by atoms with van der Waals surface area (Å²) in [5, 5.41) is 5.81. The maximum absolute atomic E-state index is 12.7. The van der Waals surface area contributed by atoms with Crippen LogP contribution < -0.4 is 10.6 Å². The summed E-state index contributed by atoms with van der Waals surface area (Å²) in [7, 11) is -3.70. The van der Waals surface area contributed by atoms with Gasteiger partial charge in [-0.25, -0.2) is 4.79 Å². The first-order valence-electron chi connectivity index (χ1n) is 9.62. The van der Waals surface area contributed by atoms with Crippen LogP contribution in [-0.2, 0) is 10.0 Å². The molecule has 0 atom stereocenters. The van der Waals surface area contributed by atoms with Gasteiger partial charge in [0.25, 0.3) is 10.0 Å². The van der Waals surface area contributed by atoms with Gasteiger partial charge in [0.1, 0.15) is 10.7 Å². The zero-order valence-electron chi connectivity index (χ0n) is 16.8. The maximum Gasteiger partial charge on any atom is 0.315 e. The van der Waals surface area contributed by atoms with Gasteiger partial charge in [-0.3, -0.25) is 0 Å². The summed E-state index contributed by atoms with van der Waals surface area (Å²) in [4.78, 5) is 14.2. The van der Waals surface area contributed by atoms with Crippen LogP contribution in [0.2, 0.25) is 0 Å². The number of sulfonamides is 1. The average Bonchev–Trinajstić information content (AvgIpc) is 2.85. The lowest BCUT2D eigenvalue weighted by Gasteiger charge is -2.34. The quantitative estimate of drug-likeness (QED) is 0.810. The molecule has 1 saturated heterocycles. The van der Waals surface area contributed by atoms with Crippen LogP contribution in [0, 0.1) is 6.92 Å². The van der Waals surface area contributed by atoms with Crippen LogP contribution in [0.5, 0.6) is 0 Å². The molecule has 0 aromatic heterocycles. The molecule has 0 saturated carbocycles. The van der Waals surface area contributed by atoms with Crippen molar-refractivity contribution in [3.8, 4) is 0 Å². The number of nitrogens with zero attached hydrogens (tertiary/aromatic N) is 2. The number of rotatable bonds is 3. The Morgan fingerprint density at radius 1 is 1.14 bits per heavy atom. The minimum absolute atomic E-state index is 0.0782. The highest BCUT2D eigenvalue weighted by Gasteiger charge is 2.34. The van der Waals surface area contributed by atoms with E-state index in [1.165, 1.54) is 0 Å². The van der Waals surface area contributed by atoms with Gasteiger partial charge in [0.15, 0.2) is 0 Å². The third-order valence-electron chi connectivity index (χ3n) is 5.00. The third kappa shape index (κ3) is 4.38. The number of hydrogen-bond acceptors (Lipinski definition) is 4. The molecule has 2 aliphatic rings. The summed E-state index contributed by atoms with van der Waals surface area (Å²) < 4.78 is 29.4. The fourth-order valence-corrected chi connectivity index (χ4v) is 5.10. The monoisotopic (exact) mass is 404 g/mol. The molecule has 2 amide bonds. The molecule has 0 unspecified atom stereocenters. The van der Waals surface area contributed by atoms with Gasteiger partial charge in [-0.15, -0.1) is 4.40 Å². The Balaban J connectivity index is 1.71. The third-order valence-corrected chi connectivity index (χ3v) is 6.47. The van der Waals surface area contributed by atoms with Gasteiger partial charge in [0, 0.05) is 30.7 Å². The molecule has 8 heteroatoms. The standard InChI is InChI=1S/C20H28N4O3S/c1-13(2)21-20(25)22-17-9-11-24(12-10-17)19-15(4)18(28(26,27)23-19)16-7-5-14(3)6-8-16/h5-8,13,17H,9-12H2,1-4H3,(H2,21,22,25). The van der Waals surface area contributed by atoms with Crippen LogP contribution >= 0.6 is 0 Å². The Labute approximate surface area is 167 Å². The zero-order valence-corrected chi connectivity index (χ0v) is 17.6. The van der Waals surface area contributed by atoms with E-state index in [1.54, 1.807) is 0 Å². The van der Waals surface area contributed by atoms with Gasteiger partial charge >= 0.3 is 6.03 Å². The van der Waals surface area contributed by atoms with E-state index >= 15 is 0 Å². The van der Waals surface area contributed by atoms with Crippen LogP contribution in [0.3, 0.4) is 0 Å². The number of aryl methyl sites for hydroxylation is 1. The molecule has 0 aliphatic carbocycles. The number of nitrogens with one attached hydrogen (secondary N) is 2. The Bertz CT molecular complexity index is 909. The fraction of sp³-hybridized carbons (Fsp3) is 0.500. The number of benzene rings is 1. The summed E-state index contributed by atoms with van der Waals surface area (Å²) in [6.07, 6.45) is 1.50. The second-order valence-electron chi connectivity index (χ2n) is 7.74. The van der Waals surface area contributed by atoms with Crippen LogP contribution in [0.4, 0.5) is 4.79 Å². The highest BCUT2D eigenvalue weighted by molar-refractivity contribution is 8.00. The van der Waals surface area contributed by atoms with E-state index in [9.17, 15) is 13.2 Å². The lowest BCUT2D eigenvalue weighted by molar-refractivity contribution is 0.224. The predicted octanol–water partition coefficient (Wildman–Crippen LogP) is 2.64. The largest absolute Gasteiger partial charge is 0.356 e. The molecule has 0 spiro atoms. The van der Waals surface area contributed by atoms with Crippen molar-refractivity contribution >= 4 is 26.8 Å². The van der Waals surface area contributed by atoms with E-state index in [1.807, 2.05) is 56.9 Å². The molecule has 1 aromatic rings. The predicted molar refractivity (Wildman–Crippen MR) is 112 cm³/mol. The van der Waals surface area contributed by atoms with E-state index in [0.717, 1.165) is 18.4 Å². The minimum atomic E-state index is -3.70. The maximum atomic E-state index is 12.7. The van der Waals surface area contributed by atoms with Crippen molar-refractivity contribution in [3.63, 3.8) is 0 Å². The second kappa shape index (κ2) is 7.95. The highest BCUT2D eigenvalue weighted by atomic mass is 32.2. The molecule has 28 heavy (non-hydrogen) atoms. The van der Waals surface area contributed by atoms with Gasteiger partial charge in [-0.05, 0) is 46.1 Å². The number of likely N-dealkylation sites (tertiary alicyclic amines) is 1. The first-order chi connectivity index (χ1) is 13.2. The van der Waals surface area contributed by atoms with E-state index in [0.29, 0.717) is 35.0 Å². The van der Waals surface area contributed by atoms with Crippen molar-refractivity contribution in [3.05, 3.63) is 41.0 Å². The first-order valence-corrected chi connectivity index (χ1v) is 11.1. The molecular formula is C20H28N4O3S. The lowest BCUT2D eigenvalue weighted by Crippen LogP contribution is -2.50. The minimum Gasteiger partial charge on any atom is -0.356 e. The fourth-order valence-electron chi connectivity index (χ4n) is 3.61. The normalized spacial score (nSPS) is 19.8. The summed E-state index contributed by atoms with van der Waals surface area (Å²) in [6.45, 7) is 8.93. The molecule has 2 aliphatic heterocycles. The van der Waals surface area contributed by atoms with Crippen LogP contribution in [-0.4, -0.2) is 50.4 Å². The topological polar surface area (TPSA) is 90.9 Å². The van der Waals surface area contributed by atoms with Gasteiger partial charge in [-0.2, -0.15) is 8.42 Å². The van der Waals surface area contributed by atoms with Crippen LogP contribution in [0.1, 0.15) is 44.7 Å².